The molecule has 0 aromatic heterocycles. The van der Waals surface area contributed by atoms with Crippen LogP contribution in [-0.2, 0) is 0 Å². The van der Waals surface area contributed by atoms with Gasteiger partial charge in [-0.25, -0.2) is 0 Å². The molecule has 92 valence electrons. The topological polar surface area (TPSA) is 29.3 Å². The van der Waals surface area contributed by atoms with E-state index in [-0.39, 0.29) is 5.54 Å². The van der Waals surface area contributed by atoms with Crippen molar-refractivity contribution in [3.05, 3.63) is 29.8 Å². The van der Waals surface area contributed by atoms with Crippen molar-refractivity contribution < 1.29 is 0 Å². The maximum atomic E-state index is 6.05. The Bertz CT molecular complexity index is 404. The third kappa shape index (κ3) is 1.58. The molecule has 1 heterocycles. The van der Waals surface area contributed by atoms with Gasteiger partial charge in [-0.3, -0.25) is 0 Å². The molecule has 1 saturated carbocycles. The van der Waals surface area contributed by atoms with E-state index in [0.29, 0.717) is 5.92 Å². The van der Waals surface area contributed by atoms with Crippen LogP contribution in [0.5, 0.6) is 0 Å². The standard InChI is InChI=1S/C15H22N2/c1-12-7-10-17(15(11-16)8-4-9-15)14-6-3-2-5-13(12)14/h2-3,5-6,12H,4,7-11,16H2,1H3. The number of nitrogens with two attached hydrogens (primary N) is 1. The number of benzene rings is 1. The smallest absolute Gasteiger partial charge is 0.0524 e. The predicted molar refractivity (Wildman–Crippen MR) is 72.5 cm³/mol. The molecule has 1 aromatic carbocycles. The van der Waals surface area contributed by atoms with Crippen LogP contribution in [0.2, 0.25) is 0 Å². The number of hydrogen-bond donors (Lipinski definition) is 1. The number of nitrogens with zero attached hydrogens (tertiary/aromatic N) is 1. The minimum atomic E-state index is 0.274. The number of hydrogen-bond acceptors (Lipinski definition) is 2. The molecule has 0 spiro atoms. The van der Waals surface area contributed by atoms with Crippen molar-refractivity contribution >= 4 is 5.69 Å². The average molecular weight is 230 g/mol. The van der Waals surface area contributed by atoms with Crippen LogP contribution in [0.1, 0.15) is 44.1 Å². The molecule has 0 saturated heterocycles. The van der Waals surface area contributed by atoms with E-state index in [1.165, 1.54) is 43.5 Å². The molecule has 3 rings (SSSR count). The highest BCUT2D eigenvalue weighted by Crippen LogP contribution is 2.45. The maximum Gasteiger partial charge on any atom is 0.0524 e. The lowest BCUT2D eigenvalue weighted by atomic mass is 9.73. The van der Waals surface area contributed by atoms with Crippen LogP contribution in [0.4, 0.5) is 5.69 Å². The van der Waals surface area contributed by atoms with Gasteiger partial charge < -0.3 is 10.6 Å². The van der Waals surface area contributed by atoms with Crippen molar-refractivity contribution in [2.75, 3.05) is 18.0 Å². The van der Waals surface area contributed by atoms with Crippen molar-refractivity contribution in [1.82, 2.24) is 0 Å². The summed E-state index contributed by atoms with van der Waals surface area (Å²) in [6.07, 6.45) is 5.14. The van der Waals surface area contributed by atoms with Gasteiger partial charge in [-0.15, -0.1) is 0 Å². The molecule has 2 aliphatic rings. The van der Waals surface area contributed by atoms with E-state index < -0.39 is 0 Å². The van der Waals surface area contributed by atoms with E-state index in [4.69, 9.17) is 5.73 Å². The highest BCUT2D eigenvalue weighted by molar-refractivity contribution is 5.59. The fraction of sp³-hybridized carbons (Fsp3) is 0.600. The molecular formula is C15H22N2. The molecule has 1 aliphatic carbocycles. The van der Waals surface area contributed by atoms with Crippen LogP contribution in [0.3, 0.4) is 0 Å². The number of fused-ring (bicyclic) bond motifs is 1. The molecule has 0 amide bonds. The van der Waals surface area contributed by atoms with Crippen LogP contribution in [0, 0.1) is 0 Å². The van der Waals surface area contributed by atoms with Crippen LogP contribution in [0.25, 0.3) is 0 Å². The van der Waals surface area contributed by atoms with Gasteiger partial charge in [0.05, 0.1) is 5.54 Å². The summed E-state index contributed by atoms with van der Waals surface area (Å²) < 4.78 is 0. The van der Waals surface area contributed by atoms with Gasteiger partial charge in [-0.1, -0.05) is 25.1 Å². The van der Waals surface area contributed by atoms with Crippen molar-refractivity contribution in [2.24, 2.45) is 5.73 Å². The molecule has 2 N–H and O–H groups in total. The second kappa shape index (κ2) is 4.02. The largest absolute Gasteiger partial charge is 0.364 e. The fourth-order valence-corrected chi connectivity index (χ4v) is 3.41. The Morgan fingerprint density at radius 2 is 2.12 bits per heavy atom. The maximum absolute atomic E-state index is 6.05. The Morgan fingerprint density at radius 3 is 2.76 bits per heavy atom. The van der Waals surface area contributed by atoms with Crippen LogP contribution < -0.4 is 10.6 Å². The zero-order chi connectivity index (χ0) is 11.9. The van der Waals surface area contributed by atoms with E-state index in [2.05, 4.69) is 36.1 Å². The van der Waals surface area contributed by atoms with Crippen molar-refractivity contribution in [3.63, 3.8) is 0 Å². The Kier molecular flexibility index (Phi) is 2.62. The third-order valence-corrected chi connectivity index (χ3v) is 4.78. The van der Waals surface area contributed by atoms with E-state index in [9.17, 15) is 0 Å². The number of para-hydroxylation sites is 1. The summed E-state index contributed by atoms with van der Waals surface area (Å²) in [5.41, 5.74) is 9.28. The first-order chi connectivity index (χ1) is 8.27. The first kappa shape index (κ1) is 11.1. The van der Waals surface area contributed by atoms with E-state index in [1.807, 2.05) is 0 Å². The van der Waals surface area contributed by atoms with Gasteiger partial charge in [0, 0.05) is 18.8 Å². The molecule has 0 bridgehead atoms. The van der Waals surface area contributed by atoms with E-state index in [1.54, 1.807) is 0 Å². The summed E-state index contributed by atoms with van der Waals surface area (Å²) in [6, 6.07) is 8.89. The zero-order valence-electron chi connectivity index (χ0n) is 10.7. The van der Waals surface area contributed by atoms with Crippen LogP contribution in [-0.4, -0.2) is 18.6 Å². The molecule has 1 fully saturated rings. The van der Waals surface area contributed by atoms with E-state index >= 15 is 0 Å². The predicted octanol–water partition coefficient (Wildman–Crippen LogP) is 2.88. The van der Waals surface area contributed by atoms with Gasteiger partial charge >= 0.3 is 0 Å². The Balaban J connectivity index is 2.00. The summed E-state index contributed by atoms with van der Waals surface area (Å²) in [6.45, 7) is 4.32. The molecule has 0 radical (unpaired) electrons. The molecule has 2 nitrogen and oxygen atoms in total. The normalized spacial score (nSPS) is 26.2. The van der Waals surface area contributed by atoms with Gasteiger partial charge in [0.2, 0.25) is 0 Å². The minimum absolute atomic E-state index is 0.274. The van der Waals surface area contributed by atoms with Crippen molar-refractivity contribution in [2.45, 2.75) is 44.1 Å². The first-order valence-corrected chi connectivity index (χ1v) is 6.83. The fourth-order valence-electron chi connectivity index (χ4n) is 3.41. The SMILES string of the molecule is CC1CCN(C2(CN)CCC2)c2ccccc21. The highest BCUT2D eigenvalue weighted by atomic mass is 15.2. The Hall–Kier alpha value is -1.02. The third-order valence-electron chi connectivity index (χ3n) is 4.78. The second-order valence-corrected chi connectivity index (χ2v) is 5.68. The van der Waals surface area contributed by atoms with Crippen LogP contribution in [0.15, 0.2) is 24.3 Å². The molecule has 1 unspecified atom stereocenters. The summed E-state index contributed by atoms with van der Waals surface area (Å²) in [5.74, 6) is 0.692. The highest BCUT2D eigenvalue weighted by Gasteiger charge is 2.43. The molecule has 1 atom stereocenters. The Morgan fingerprint density at radius 1 is 1.35 bits per heavy atom. The van der Waals surface area contributed by atoms with Crippen molar-refractivity contribution in [1.29, 1.82) is 0 Å². The Labute approximate surface area is 104 Å². The van der Waals surface area contributed by atoms with Gasteiger partial charge in [-0.2, -0.15) is 0 Å². The minimum Gasteiger partial charge on any atom is -0.364 e. The summed E-state index contributed by atoms with van der Waals surface area (Å²) >= 11 is 0. The average Bonchev–Trinajstić information content (AvgIpc) is 2.32. The monoisotopic (exact) mass is 230 g/mol. The zero-order valence-corrected chi connectivity index (χ0v) is 10.7. The number of rotatable bonds is 2. The summed E-state index contributed by atoms with van der Waals surface area (Å²) in [5, 5.41) is 0. The lowest BCUT2D eigenvalue weighted by molar-refractivity contribution is 0.230. The van der Waals surface area contributed by atoms with Crippen molar-refractivity contribution in [3.8, 4) is 0 Å². The molecule has 1 aromatic rings. The lowest BCUT2D eigenvalue weighted by Crippen LogP contribution is -2.60. The molecule has 17 heavy (non-hydrogen) atoms. The summed E-state index contributed by atoms with van der Waals surface area (Å²) in [4.78, 5) is 2.60. The van der Waals surface area contributed by atoms with Gasteiger partial charge in [0.25, 0.3) is 0 Å². The summed E-state index contributed by atoms with van der Waals surface area (Å²) in [7, 11) is 0. The van der Waals surface area contributed by atoms with E-state index in [0.717, 1.165) is 6.54 Å². The molecular weight excluding hydrogens is 208 g/mol. The molecule has 1 aliphatic heterocycles. The van der Waals surface area contributed by atoms with Gasteiger partial charge in [-0.05, 0) is 43.2 Å². The second-order valence-electron chi connectivity index (χ2n) is 5.68. The number of anilines is 1. The van der Waals surface area contributed by atoms with Crippen LogP contribution >= 0.6 is 0 Å². The lowest BCUT2D eigenvalue weighted by Gasteiger charge is -2.53. The van der Waals surface area contributed by atoms with Gasteiger partial charge in [0.1, 0.15) is 0 Å². The molecule has 2 heteroatoms. The van der Waals surface area contributed by atoms with Gasteiger partial charge in [0.15, 0.2) is 0 Å². The first-order valence-electron chi connectivity index (χ1n) is 6.83. The quantitative estimate of drug-likeness (QED) is 0.846.